The van der Waals surface area contributed by atoms with Gasteiger partial charge < -0.3 is 4.74 Å². The maximum absolute atomic E-state index is 13.0. The van der Waals surface area contributed by atoms with E-state index in [-0.39, 0.29) is 17.3 Å². The van der Waals surface area contributed by atoms with Crippen molar-refractivity contribution in [2.75, 3.05) is 6.61 Å². The molecule has 8 nitrogen and oxygen atoms in total. The van der Waals surface area contributed by atoms with Gasteiger partial charge in [-0.15, -0.1) is 0 Å². The van der Waals surface area contributed by atoms with Crippen LogP contribution in [0.15, 0.2) is 35.1 Å². The number of aromatic nitrogens is 2. The maximum atomic E-state index is 13.0. The molecule has 176 valence electrons. The van der Waals surface area contributed by atoms with E-state index in [0.717, 1.165) is 42.1 Å². The molecule has 11 heteroatoms. The summed E-state index contributed by atoms with van der Waals surface area (Å²) < 4.78 is 44.9. The molecule has 33 heavy (non-hydrogen) atoms. The number of imide groups is 1. The van der Waals surface area contributed by atoms with Gasteiger partial charge in [-0.25, -0.2) is 9.48 Å². The molecule has 0 spiro atoms. The first-order chi connectivity index (χ1) is 15.6. The predicted octanol–water partition coefficient (Wildman–Crippen LogP) is 2.94. The van der Waals surface area contributed by atoms with Crippen LogP contribution in [-0.2, 0) is 20.5 Å². The molecule has 1 saturated carbocycles. The van der Waals surface area contributed by atoms with Crippen molar-refractivity contribution in [3.8, 4) is 5.69 Å². The van der Waals surface area contributed by atoms with Crippen LogP contribution in [0.3, 0.4) is 0 Å². The molecule has 1 N–H and O–H groups in total. The van der Waals surface area contributed by atoms with Crippen LogP contribution in [0.25, 0.3) is 5.69 Å². The number of hydrogen-bond acceptors (Lipinski definition) is 6. The van der Waals surface area contributed by atoms with Gasteiger partial charge >= 0.3 is 12.1 Å². The molecule has 1 aliphatic carbocycles. The molecule has 2 aromatic rings. The van der Waals surface area contributed by atoms with E-state index in [0.29, 0.717) is 12.8 Å². The molecule has 0 unspecified atom stereocenters. The molecule has 1 fully saturated rings. The summed E-state index contributed by atoms with van der Waals surface area (Å²) in [6, 6.07) is 5.23. The second-order valence-electron chi connectivity index (χ2n) is 7.78. The van der Waals surface area contributed by atoms with Crippen LogP contribution < -0.4 is 10.7 Å². The number of rotatable bonds is 5. The Hall–Kier alpha value is -3.50. The van der Waals surface area contributed by atoms with Crippen molar-refractivity contribution in [1.29, 1.82) is 0 Å². The van der Waals surface area contributed by atoms with Gasteiger partial charge in [-0.2, -0.15) is 18.3 Å². The minimum Gasteiger partial charge on any atom is -0.451 e. The Labute approximate surface area is 186 Å². The van der Waals surface area contributed by atoms with Crippen molar-refractivity contribution >= 4 is 17.8 Å². The summed E-state index contributed by atoms with van der Waals surface area (Å²) >= 11 is 0. The van der Waals surface area contributed by atoms with Crippen molar-refractivity contribution in [3.63, 3.8) is 0 Å². The number of halogens is 3. The number of hydrogen-bond donors (Lipinski definition) is 1. The van der Waals surface area contributed by atoms with Gasteiger partial charge in [0.05, 0.1) is 11.3 Å². The first-order valence-corrected chi connectivity index (χ1v) is 10.4. The van der Waals surface area contributed by atoms with E-state index in [1.165, 1.54) is 19.1 Å². The quantitative estimate of drug-likeness (QED) is 0.681. The molecule has 1 aromatic carbocycles. The number of esters is 1. The number of benzene rings is 1. The van der Waals surface area contributed by atoms with E-state index in [1.807, 2.05) is 0 Å². The summed E-state index contributed by atoms with van der Waals surface area (Å²) in [4.78, 5) is 48.6. The highest BCUT2D eigenvalue weighted by Gasteiger charge is 2.31. The fourth-order valence-electron chi connectivity index (χ4n) is 3.60. The maximum Gasteiger partial charge on any atom is 0.416 e. The topological polar surface area (TPSA) is 107 Å². The Morgan fingerprint density at radius 3 is 2.52 bits per heavy atom. The minimum atomic E-state index is -4.59. The third kappa shape index (κ3) is 6.05. The lowest BCUT2D eigenvalue weighted by molar-refractivity contribution is -0.138. The van der Waals surface area contributed by atoms with Crippen molar-refractivity contribution in [3.05, 3.63) is 57.5 Å². The number of nitrogens with zero attached hydrogens (tertiary/aromatic N) is 2. The van der Waals surface area contributed by atoms with Crippen LogP contribution in [0.4, 0.5) is 13.2 Å². The van der Waals surface area contributed by atoms with E-state index in [9.17, 15) is 32.3 Å². The molecule has 1 heterocycles. The van der Waals surface area contributed by atoms with Gasteiger partial charge in [0.2, 0.25) is 17.0 Å². The highest BCUT2D eigenvalue weighted by Crippen LogP contribution is 2.30. The van der Waals surface area contributed by atoms with Crippen LogP contribution in [-0.4, -0.2) is 34.2 Å². The number of ether oxygens (including phenoxy) is 1. The lowest BCUT2D eigenvalue weighted by Gasteiger charge is -2.20. The molecule has 2 amide bonds. The number of nitrogens with one attached hydrogen (secondary N) is 1. The van der Waals surface area contributed by atoms with E-state index in [2.05, 4.69) is 10.4 Å². The van der Waals surface area contributed by atoms with E-state index in [4.69, 9.17) is 4.74 Å². The molecule has 3 rings (SSSR count). The molecular formula is C22H22F3N3O5. The third-order valence-electron chi connectivity index (χ3n) is 5.29. The monoisotopic (exact) mass is 465 g/mol. The first-order valence-electron chi connectivity index (χ1n) is 10.4. The normalized spacial score (nSPS) is 14.5. The number of carbonyl (C=O) groups excluding carboxylic acids is 3. The van der Waals surface area contributed by atoms with Gasteiger partial charge in [0.1, 0.15) is 0 Å². The lowest BCUT2D eigenvalue weighted by atomic mass is 9.89. The standard InChI is InChI=1S/C22H22F3N3O5/c1-13-10-17(29)19(27-28(13)16-9-5-8-15(11-16)22(23,24)25)21(32)33-12-18(30)26-20(31)14-6-3-2-4-7-14/h5,8-11,14H,2-4,6-7,12H2,1H3,(H,26,30,31). The zero-order valence-corrected chi connectivity index (χ0v) is 17.8. The van der Waals surface area contributed by atoms with Gasteiger partial charge in [0.25, 0.3) is 5.91 Å². The minimum absolute atomic E-state index is 0.0211. The van der Waals surface area contributed by atoms with Gasteiger partial charge in [-0.3, -0.25) is 19.7 Å². The summed E-state index contributed by atoms with van der Waals surface area (Å²) in [5.41, 5.74) is -2.29. The second kappa shape index (κ2) is 9.97. The first kappa shape index (κ1) is 24.1. The number of alkyl halides is 3. The Bertz CT molecular complexity index is 1120. The van der Waals surface area contributed by atoms with Crippen LogP contribution in [0.2, 0.25) is 0 Å². The molecule has 0 radical (unpaired) electrons. The SMILES string of the molecule is Cc1cc(=O)c(C(=O)OCC(=O)NC(=O)C2CCCCC2)nn1-c1cccc(C(F)(F)F)c1. The van der Waals surface area contributed by atoms with Crippen LogP contribution >= 0.6 is 0 Å². The van der Waals surface area contributed by atoms with E-state index < -0.39 is 47.3 Å². The van der Waals surface area contributed by atoms with Crippen LogP contribution in [0, 0.1) is 12.8 Å². The average Bonchev–Trinajstić information content (AvgIpc) is 2.77. The van der Waals surface area contributed by atoms with Crippen molar-refractivity contribution < 1.29 is 32.3 Å². The molecule has 1 aliphatic rings. The van der Waals surface area contributed by atoms with Crippen molar-refractivity contribution in [2.45, 2.75) is 45.2 Å². The highest BCUT2D eigenvalue weighted by atomic mass is 19.4. The molecule has 0 aliphatic heterocycles. The molecule has 0 saturated heterocycles. The van der Waals surface area contributed by atoms with Crippen molar-refractivity contribution in [2.24, 2.45) is 5.92 Å². The Kier molecular flexibility index (Phi) is 7.29. The van der Waals surface area contributed by atoms with Gasteiger partial charge in [0, 0.05) is 17.7 Å². The zero-order chi connectivity index (χ0) is 24.2. The third-order valence-corrected chi connectivity index (χ3v) is 5.29. The summed E-state index contributed by atoms with van der Waals surface area (Å²) in [6.45, 7) is 0.629. The number of amides is 2. The number of carbonyl (C=O) groups is 3. The molecule has 0 bridgehead atoms. The predicted molar refractivity (Wildman–Crippen MR) is 110 cm³/mol. The van der Waals surface area contributed by atoms with Crippen LogP contribution in [0.5, 0.6) is 0 Å². The smallest absolute Gasteiger partial charge is 0.416 e. The molecule has 0 atom stereocenters. The number of aryl methyl sites for hydroxylation is 1. The average molecular weight is 465 g/mol. The highest BCUT2D eigenvalue weighted by molar-refractivity contribution is 5.98. The largest absolute Gasteiger partial charge is 0.451 e. The zero-order valence-electron chi connectivity index (χ0n) is 17.8. The Morgan fingerprint density at radius 1 is 1.15 bits per heavy atom. The fourth-order valence-corrected chi connectivity index (χ4v) is 3.60. The fraction of sp³-hybridized carbons (Fsp3) is 0.409. The summed E-state index contributed by atoms with van der Waals surface area (Å²) in [7, 11) is 0. The van der Waals surface area contributed by atoms with E-state index >= 15 is 0 Å². The van der Waals surface area contributed by atoms with Gasteiger partial charge in [0.15, 0.2) is 6.61 Å². The summed E-state index contributed by atoms with van der Waals surface area (Å²) in [6.07, 6.45) is -0.385. The van der Waals surface area contributed by atoms with Crippen molar-refractivity contribution in [1.82, 2.24) is 15.1 Å². The Morgan fingerprint density at radius 2 is 1.85 bits per heavy atom. The Balaban J connectivity index is 1.71. The second-order valence-corrected chi connectivity index (χ2v) is 7.78. The van der Waals surface area contributed by atoms with Crippen LogP contribution in [0.1, 0.15) is 53.8 Å². The molecular weight excluding hydrogens is 443 g/mol. The van der Waals surface area contributed by atoms with Gasteiger partial charge in [-0.1, -0.05) is 25.3 Å². The molecule has 1 aromatic heterocycles. The lowest BCUT2D eigenvalue weighted by Crippen LogP contribution is -2.39. The van der Waals surface area contributed by atoms with Gasteiger partial charge in [-0.05, 0) is 38.0 Å². The van der Waals surface area contributed by atoms with E-state index in [1.54, 1.807) is 0 Å². The summed E-state index contributed by atoms with van der Waals surface area (Å²) in [5.74, 6) is -2.78. The summed E-state index contributed by atoms with van der Waals surface area (Å²) in [5, 5.41) is 6.01.